The number of nitrogens with one attached hydrogen (secondary N) is 1. The number of nitrogens with two attached hydrogens (primary N) is 1. The predicted octanol–water partition coefficient (Wildman–Crippen LogP) is 4.26. The Morgan fingerprint density at radius 2 is 1.52 bits per heavy atom. The number of hydrogen-bond acceptors (Lipinski definition) is 4. The van der Waals surface area contributed by atoms with Crippen LogP contribution in [0.3, 0.4) is 0 Å². The standard InChI is InChI=1S/C22H28N2O3/c1-2-3-4-5-6-9-16-27-18-14-12-17(13-15-18)21(25)19-10-7-8-11-20(19)22(26)24-23/h7-8,10-15H,2-6,9,16,23H2,1H3,(H,24,26). The number of hydrogen-bond donors (Lipinski definition) is 2. The second kappa shape index (κ2) is 11.1. The van der Waals surface area contributed by atoms with E-state index < -0.39 is 5.91 Å². The summed E-state index contributed by atoms with van der Waals surface area (Å²) in [6.45, 7) is 2.89. The molecule has 2 rings (SSSR count). The lowest BCUT2D eigenvalue weighted by Crippen LogP contribution is -2.31. The minimum atomic E-state index is -0.488. The van der Waals surface area contributed by atoms with Crippen molar-refractivity contribution < 1.29 is 14.3 Å². The van der Waals surface area contributed by atoms with Crippen molar-refractivity contribution in [3.63, 3.8) is 0 Å². The summed E-state index contributed by atoms with van der Waals surface area (Å²) < 4.78 is 5.74. The molecule has 0 saturated heterocycles. The summed E-state index contributed by atoms with van der Waals surface area (Å²) in [5, 5.41) is 0. The van der Waals surface area contributed by atoms with Gasteiger partial charge in [0, 0.05) is 11.1 Å². The number of carbonyl (C=O) groups is 2. The largest absolute Gasteiger partial charge is 0.494 e. The van der Waals surface area contributed by atoms with E-state index >= 15 is 0 Å². The molecule has 144 valence electrons. The third kappa shape index (κ3) is 6.22. The monoisotopic (exact) mass is 368 g/mol. The molecule has 2 aromatic rings. The van der Waals surface area contributed by atoms with Crippen LogP contribution in [0.15, 0.2) is 48.5 Å². The summed E-state index contributed by atoms with van der Waals surface area (Å²) in [7, 11) is 0. The molecular formula is C22H28N2O3. The third-order valence-electron chi connectivity index (χ3n) is 4.43. The van der Waals surface area contributed by atoms with Crippen molar-refractivity contribution >= 4 is 11.7 Å². The topological polar surface area (TPSA) is 81.4 Å². The smallest absolute Gasteiger partial charge is 0.265 e. The number of amides is 1. The Bertz CT molecular complexity index is 741. The van der Waals surface area contributed by atoms with Crippen molar-refractivity contribution in [1.82, 2.24) is 5.43 Å². The molecule has 0 atom stereocenters. The maximum absolute atomic E-state index is 12.7. The van der Waals surface area contributed by atoms with Crippen LogP contribution in [-0.4, -0.2) is 18.3 Å². The first kappa shape index (κ1) is 20.6. The highest BCUT2D eigenvalue weighted by molar-refractivity contribution is 6.15. The Morgan fingerprint density at radius 3 is 2.19 bits per heavy atom. The number of hydrazine groups is 1. The summed E-state index contributed by atoms with van der Waals surface area (Å²) in [5.74, 6) is 5.23. The summed E-state index contributed by atoms with van der Waals surface area (Å²) in [6.07, 6.45) is 7.30. The van der Waals surface area contributed by atoms with Crippen LogP contribution in [-0.2, 0) is 0 Å². The Morgan fingerprint density at radius 1 is 0.889 bits per heavy atom. The zero-order valence-electron chi connectivity index (χ0n) is 15.9. The maximum Gasteiger partial charge on any atom is 0.265 e. The number of nitrogen functional groups attached to an aromatic ring is 1. The fourth-order valence-corrected chi connectivity index (χ4v) is 2.89. The zero-order valence-corrected chi connectivity index (χ0v) is 15.9. The van der Waals surface area contributed by atoms with Crippen molar-refractivity contribution in [3.05, 3.63) is 65.2 Å². The van der Waals surface area contributed by atoms with Gasteiger partial charge in [0.1, 0.15) is 5.75 Å². The van der Waals surface area contributed by atoms with Gasteiger partial charge in [0.15, 0.2) is 5.78 Å². The van der Waals surface area contributed by atoms with Gasteiger partial charge in [-0.15, -0.1) is 0 Å². The van der Waals surface area contributed by atoms with Crippen molar-refractivity contribution in [2.45, 2.75) is 45.4 Å². The Balaban J connectivity index is 1.92. The molecule has 0 aliphatic rings. The lowest BCUT2D eigenvalue weighted by Gasteiger charge is -2.09. The van der Waals surface area contributed by atoms with Crippen molar-refractivity contribution in [2.24, 2.45) is 5.84 Å². The molecule has 0 heterocycles. The van der Waals surface area contributed by atoms with Gasteiger partial charge in [-0.1, -0.05) is 57.2 Å². The van der Waals surface area contributed by atoms with E-state index in [-0.39, 0.29) is 11.3 Å². The highest BCUT2D eigenvalue weighted by atomic mass is 16.5. The van der Waals surface area contributed by atoms with Crippen LogP contribution in [0, 0.1) is 0 Å². The maximum atomic E-state index is 12.7. The number of ether oxygens (including phenoxy) is 1. The van der Waals surface area contributed by atoms with Gasteiger partial charge in [0.2, 0.25) is 0 Å². The summed E-state index contributed by atoms with van der Waals surface area (Å²) in [6, 6.07) is 13.6. The normalized spacial score (nSPS) is 10.4. The first-order chi connectivity index (χ1) is 13.2. The molecule has 0 aliphatic carbocycles. The second-order valence-corrected chi connectivity index (χ2v) is 6.49. The molecule has 1 amide bonds. The van der Waals surface area contributed by atoms with Crippen LogP contribution in [0.25, 0.3) is 0 Å². The van der Waals surface area contributed by atoms with E-state index in [9.17, 15) is 9.59 Å². The first-order valence-electron chi connectivity index (χ1n) is 9.55. The van der Waals surface area contributed by atoms with Crippen LogP contribution < -0.4 is 16.0 Å². The van der Waals surface area contributed by atoms with Gasteiger partial charge < -0.3 is 4.74 Å². The highest BCUT2D eigenvalue weighted by Crippen LogP contribution is 2.18. The van der Waals surface area contributed by atoms with Crippen molar-refractivity contribution in [3.8, 4) is 5.75 Å². The molecule has 0 spiro atoms. The Labute approximate surface area is 160 Å². The van der Waals surface area contributed by atoms with E-state index in [0.717, 1.165) is 12.2 Å². The minimum absolute atomic E-state index is 0.225. The van der Waals surface area contributed by atoms with Gasteiger partial charge in [0.25, 0.3) is 5.91 Å². The van der Waals surface area contributed by atoms with Crippen LogP contribution in [0.5, 0.6) is 5.75 Å². The summed E-state index contributed by atoms with van der Waals surface area (Å²) in [5.41, 5.74) is 3.15. The Hall–Kier alpha value is -2.66. The number of ketones is 1. The fraction of sp³-hybridized carbons (Fsp3) is 0.364. The van der Waals surface area contributed by atoms with Crippen LogP contribution >= 0.6 is 0 Å². The zero-order chi connectivity index (χ0) is 19.5. The van der Waals surface area contributed by atoms with Gasteiger partial charge in [-0.3, -0.25) is 15.0 Å². The number of unbranched alkanes of at least 4 members (excludes halogenated alkanes) is 5. The highest BCUT2D eigenvalue weighted by Gasteiger charge is 2.17. The molecule has 0 unspecified atom stereocenters. The number of benzene rings is 2. The molecule has 0 aliphatic heterocycles. The van der Waals surface area contributed by atoms with Crippen molar-refractivity contribution in [1.29, 1.82) is 0 Å². The van der Waals surface area contributed by atoms with E-state index in [1.54, 1.807) is 48.5 Å². The first-order valence-corrected chi connectivity index (χ1v) is 9.55. The average Bonchev–Trinajstić information content (AvgIpc) is 2.72. The molecule has 0 radical (unpaired) electrons. The number of rotatable bonds is 11. The molecule has 0 fully saturated rings. The average molecular weight is 368 g/mol. The fourth-order valence-electron chi connectivity index (χ4n) is 2.89. The predicted molar refractivity (Wildman–Crippen MR) is 107 cm³/mol. The second-order valence-electron chi connectivity index (χ2n) is 6.49. The van der Waals surface area contributed by atoms with Crippen LogP contribution in [0.2, 0.25) is 0 Å². The SMILES string of the molecule is CCCCCCCCOc1ccc(C(=O)c2ccccc2C(=O)NN)cc1. The molecule has 0 saturated carbocycles. The van der Waals surface area contributed by atoms with E-state index in [1.165, 1.54) is 32.1 Å². The van der Waals surface area contributed by atoms with E-state index in [0.29, 0.717) is 17.7 Å². The van der Waals surface area contributed by atoms with E-state index in [2.05, 4.69) is 12.3 Å². The van der Waals surface area contributed by atoms with Gasteiger partial charge >= 0.3 is 0 Å². The molecule has 2 aromatic carbocycles. The number of carbonyl (C=O) groups excluding carboxylic acids is 2. The van der Waals surface area contributed by atoms with Crippen LogP contribution in [0.4, 0.5) is 0 Å². The third-order valence-corrected chi connectivity index (χ3v) is 4.43. The van der Waals surface area contributed by atoms with E-state index in [4.69, 9.17) is 10.6 Å². The summed E-state index contributed by atoms with van der Waals surface area (Å²) in [4.78, 5) is 24.6. The lowest BCUT2D eigenvalue weighted by molar-refractivity contribution is 0.0942. The molecule has 0 aromatic heterocycles. The molecule has 5 nitrogen and oxygen atoms in total. The van der Waals surface area contributed by atoms with Gasteiger partial charge in [-0.2, -0.15) is 0 Å². The van der Waals surface area contributed by atoms with Crippen LogP contribution in [0.1, 0.15) is 71.7 Å². The Kier molecular flexibility index (Phi) is 8.52. The van der Waals surface area contributed by atoms with Crippen molar-refractivity contribution in [2.75, 3.05) is 6.61 Å². The van der Waals surface area contributed by atoms with Gasteiger partial charge in [0.05, 0.1) is 12.2 Å². The quantitative estimate of drug-likeness (QED) is 0.204. The molecule has 3 N–H and O–H groups in total. The van der Waals surface area contributed by atoms with E-state index in [1.807, 2.05) is 0 Å². The lowest BCUT2D eigenvalue weighted by atomic mass is 9.98. The molecule has 27 heavy (non-hydrogen) atoms. The molecule has 5 heteroatoms. The molecular weight excluding hydrogens is 340 g/mol. The summed E-state index contributed by atoms with van der Waals surface area (Å²) >= 11 is 0. The minimum Gasteiger partial charge on any atom is -0.494 e. The van der Waals surface area contributed by atoms with Gasteiger partial charge in [-0.25, -0.2) is 5.84 Å². The molecule has 0 bridgehead atoms. The van der Waals surface area contributed by atoms with Gasteiger partial charge in [-0.05, 0) is 36.8 Å².